The predicted octanol–water partition coefficient (Wildman–Crippen LogP) is 2.86. The molecule has 2 aromatic rings. The zero-order valence-corrected chi connectivity index (χ0v) is 17.8. The second kappa shape index (κ2) is 8.90. The monoisotopic (exact) mass is 410 g/mol. The number of amides is 2. The molecule has 7 heteroatoms. The lowest BCUT2D eigenvalue weighted by atomic mass is 10.1. The van der Waals surface area contributed by atoms with Crippen LogP contribution in [0, 0.1) is 5.92 Å². The van der Waals surface area contributed by atoms with E-state index >= 15 is 0 Å². The van der Waals surface area contributed by atoms with E-state index in [1.807, 2.05) is 49.3 Å². The van der Waals surface area contributed by atoms with Gasteiger partial charge in [0, 0.05) is 69.3 Å². The van der Waals surface area contributed by atoms with Crippen molar-refractivity contribution in [1.82, 2.24) is 19.6 Å². The number of carbonyl (C=O) groups is 2. The molecule has 1 saturated carbocycles. The number of ether oxygens (including phenoxy) is 1. The van der Waals surface area contributed by atoms with Crippen LogP contribution in [0.1, 0.15) is 48.5 Å². The van der Waals surface area contributed by atoms with Crippen LogP contribution < -0.4 is 4.74 Å². The summed E-state index contributed by atoms with van der Waals surface area (Å²) in [7, 11) is 1.87. The molecule has 1 aromatic heterocycles. The third-order valence-electron chi connectivity index (χ3n) is 5.88. The van der Waals surface area contributed by atoms with Crippen LogP contribution in [0.25, 0.3) is 0 Å². The van der Waals surface area contributed by atoms with Gasteiger partial charge in [0.15, 0.2) is 0 Å². The minimum absolute atomic E-state index is 0.000186. The molecule has 1 aliphatic heterocycles. The molecular formula is C23H30N4O3. The summed E-state index contributed by atoms with van der Waals surface area (Å²) in [5.41, 5.74) is 1.66. The highest BCUT2D eigenvalue weighted by atomic mass is 16.5. The first kappa shape index (κ1) is 20.4. The molecule has 0 spiro atoms. The van der Waals surface area contributed by atoms with Gasteiger partial charge in [0.05, 0.1) is 6.20 Å². The third-order valence-corrected chi connectivity index (χ3v) is 5.88. The molecule has 30 heavy (non-hydrogen) atoms. The first-order valence-corrected chi connectivity index (χ1v) is 10.9. The summed E-state index contributed by atoms with van der Waals surface area (Å²) in [6.07, 6.45) is 7.65. The fraction of sp³-hybridized carbons (Fsp3) is 0.522. The Bertz CT molecular complexity index is 880. The van der Waals surface area contributed by atoms with Crippen molar-refractivity contribution in [2.75, 3.05) is 19.6 Å². The van der Waals surface area contributed by atoms with Crippen LogP contribution in [0.2, 0.25) is 0 Å². The van der Waals surface area contributed by atoms with E-state index in [0.29, 0.717) is 24.6 Å². The first-order chi connectivity index (χ1) is 14.5. The normalized spacial score (nSPS) is 17.1. The number of aryl methyl sites for hydroxylation is 1. The zero-order valence-electron chi connectivity index (χ0n) is 17.8. The first-order valence-electron chi connectivity index (χ1n) is 10.9. The third kappa shape index (κ3) is 4.83. The fourth-order valence-electron chi connectivity index (χ4n) is 3.93. The van der Waals surface area contributed by atoms with Crippen molar-refractivity contribution in [3.8, 4) is 5.75 Å². The minimum Gasteiger partial charge on any atom is -0.490 e. The van der Waals surface area contributed by atoms with E-state index in [2.05, 4.69) is 5.10 Å². The summed E-state index contributed by atoms with van der Waals surface area (Å²) < 4.78 is 7.85. The molecule has 0 unspecified atom stereocenters. The van der Waals surface area contributed by atoms with Crippen molar-refractivity contribution in [2.45, 2.75) is 45.3 Å². The summed E-state index contributed by atoms with van der Waals surface area (Å²) in [5.74, 6) is 1.38. The van der Waals surface area contributed by atoms with Gasteiger partial charge in [0.2, 0.25) is 5.91 Å². The van der Waals surface area contributed by atoms with Gasteiger partial charge >= 0.3 is 0 Å². The Balaban J connectivity index is 1.30. The molecule has 0 radical (unpaired) electrons. The van der Waals surface area contributed by atoms with Gasteiger partial charge in [0.25, 0.3) is 5.91 Å². The van der Waals surface area contributed by atoms with E-state index in [1.165, 1.54) is 0 Å². The second-order valence-corrected chi connectivity index (χ2v) is 8.28. The van der Waals surface area contributed by atoms with Gasteiger partial charge in [-0.2, -0.15) is 5.10 Å². The Morgan fingerprint density at radius 2 is 1.83 bits per heavy atom. The largest absolute Gasteiger partial charge is 0.490 e. The number of aromatic nitrogens is 2. The molecule has 0 atom stereocenters. The molecule has 1 saturated heterocycles. The Hall–Kier alpha value is -2.83. The van der Waals surface area contributed by atoms with Gasteiger partial charge in [-0.3, -0.25) is 14.3 Å². The molecule has 7 nitrogen and oxygen atoms in total. The summed E-state index contributed by atoms with van der Waals surface area (Å²) in [4.78, 5) is 28.8. The molecule has 2 heterocycles. The minimum atomic E-state index is -0.000186. The number of benzene rings is 1. The zero-order chi connectivity index (χ0) is 21.1. The van der Waals surface area contributed by atoms with Crippen LogP contribution >= 0.6 is 0 Å². The Morgan fingerprint density at radius 3 is 2.40 bits per heavy atom. The summed E-state index contributed by atoms with van der Waals surface area (Å²) in [5, 5.41) is 4.17. The van der Waals surface area contributed by atoms with Gasteiger partial charge in [-0.1, -0.05) is 0 Å². The lowest BCUT2D eigenvalue weighted by molar-refractivity contribution is -0.134. The molecule has 4 rings (SSSR count). The summed E-state index contributed by atoms with van der Waals surface area (Å²) in [6, 6.07) is 7.39. The van der Waals surface area contributed by atoms with Gasteiger partial charge < -0.3 is 14.5 Å². The van der Waals surface area contributed by atoms with Gasteiger partial charge in [0.1, 0.15) is 11.9 Å². The van der Waals surface area contributed by atoms with Gasteiger partial charge in [-0.15, -0.1) is 0 Å². The molecule has 1 aliphatic carbocycles. The van der Waals surface area contributed by atoms with Gasteiger partial charge in [-0.25, -0.2) is 0 Å². The topological polar surface area (TPSA) is 67.7 Å². The van der Waals surface area contributed by atoms with Crippen molar-refractivity contribution in [2.24, 2.45) is 13.0 Å². The predicted molar refractivity (Wildman–Crippen MR) is 113 cm³/mol. The van der Waals surface area contributed by atoms with Crippen LogP contribution in [0.3, 0.4) is 0 Å². The average molecular weight is 411 g/mol. The molecule has 2 amide bonds. The van der Waals surface area contributed by atoms with Crippen molar-refractivity contribution >= 4 is 11.8 Å². The van der Waals surface area contributed by atoms with Crippen molar-refractivity contribution in [1.29, 1.82) is 0 Å². The smallest absolute Gasteiger partial charge is 0.254 e. The van der Waals surface area contributed by atoms with Crippen LogP contribution in [0.15, 0.2) is 36.7 Å². The van der Waals surface area contributed by atoms with Crippen molar-refractivity contribution < 1.29 is 14.3 Å². The molecule has 0 bridgehead atoms. The average Bonchev–Trinajstić information content (AvgIpc) is 3.54. The van der Waals surface area contributed by atoms with Crippen LogP contribution in [0.4, 0.5) is 0 Å². The number of carbonyl (C=O) groups excluding carboxylic acids is 2. The Kier molecular flexibility index (Phi) is 6.06. The summed E-state index contributed by atoms with van der Waals surface area (Å²) in [6.45, 7) is 4.70. The van der Waals surface area contributed by atoms with E-state index in [9.17, 15) is 9.59 Å². The quantitative estimate of drug-likeness (QED) is 0.704. The molecule has 2 fully saturated rings. The molecule has 160 valence electrons. The summed E-state index contributed by atoms with van der Waals surface area (Å²) >= 11 is 0. The lowest BCUT2D eigenvalue weighted by Gasteiger charge is -2.32. The Labute approximate surface area is 177 Å². The highest BCUT2D eigenvalue weighted by Gasteiger charge is 2.35. The maximum Gasteiger partial charge on any atom is 0.254 e. The van der Waals surface area contributed by atoms with Crippen molar-refractivity contribution in [3.05, 3.63) is 47.8 Å². The molecular weight excluding hydrogens is 380 g/mol. The highest BCUT2D eigenvalue weighted by molar-refractivity contribution is 5.94. The fourth-order valence-corrected chi connectivity index (χ4v) is 3.93. The molecule has 2 aliphatic rings. The highest BCUT2D eigenvalue weighted by Crippen LogP contribution is 2.32. The number of likely N-dealkylation sites (tertiary alicyclic amines) is 1. The molecule has 0 N–H and O–H groups in total. The SMILES string of the molecule is CCN(Cc1cnn(C)c1)C(=O)c1ccc(OC2CCN(C(=O)C3CC3)CC2)cc1. The number of hydrogen-bond donors (Lipinski definition) is 0. The van der Waals surface area contributed by atoms with E-state index in [-0.39, 0.29) is 17.9 Å². The lowest BCUT2D eigenvalue weighted by Crippen LogP contribution is -2.42. The van der Waals surface area contributed by atoms with Crippen molar-refractivity contribution in [3.63, 3.8) is 0 Å². The van der Waals surface area contributed by atoms with Crippen LogP contribution in [-0.2, 0) is 18.4 Å². The number of piperidine rings is 1. The second-order valence-electron chi connectivity index (χ2n) is 8.28. The maximum atomic E-state index is 12.9. The standard InChI is InChI=1S/C23H30N4O3/c1-3-26(16-17-14-24-25(2)15-17)22(28)19-6-8-20(9-7-19)30-21-10-12-27(13-11-21)23(29)18-4-5-18/h6-9,14-15,18,21H,3-5,10-13,16H2,1-2H3. The number of rotatable bonds is 7. The van der Waals surface area contributed by atoms with E-state index in [4.69, 9.17) is 4.74 Å². The maximum absolute atomic E-state index is 12.9. The number of hydrogen-bond acceptors (Lipinski definition) is 4. The van der Waals surface area contributed by atoms with E-state index < -0.39 is 0 Å². The van der Waals surface area contributed by atoms with E-state index in [0.717, 1.165) is 50.1 Å². The number of nitrogens with zero attached hydrogens (tertiary/aromatic N) is 4. The van der Waals surface area contributed by atoms with Crippen LogP contribution in [-0.4, -0.2) is 57.1 Å². The molecule has 1 aromatic carbocycles. The van der Waals surface area contributed by atoms with E-state index in [1.54, 1.807) is 15.8 Å². The van der Waals surface area contributed by atoms with Gasteiger partial charge in [-0.05, 0) is 44.0 Å². The Morgan fingerprint density at radius 1 is 1.13 bits per heavy atom. The van der Waals surface area contributed by atoms with Crippen LogP contribution in [0.5, 0.6) is 5.75 Å².